The summed E-state index contributed by atoms with van der Waals surface area (Å²) < 4.78 is 0. The molecule has 15 heavy (non-hydrogen) atoms. The van der Waals surface area contributed by atoms with Gasteiger partial charge >= 0.3 is 0 Å². The Labute approximate surface area is 89.2 Å². The van der Waals surface area contributed by atoms with E-state index in [1.165, 1.54) is 6.08 Å². The van der Waals surface area contributed by atoms with Crippen LogP contribution in [0.2, 0.25) is 0 Å². The normalized spacial score (nSPS) is 17.6. The van der Waals surface area contributed by atoms with Crippen molar-refractivity contribution in [2.24, 2.45) is 0 Å². The number of hydrogen-bond donors (Lipinski definition) is 1. The molecular formula is C12H14N2O. The van der Waals surface area contributed by atoms with Crippen LogP contribution in [0.25, 0.3) is 0 Å². The Morgan fingerprint density at radius 1 is 1.47 bits per heavy atom. The van der Waals surface area contributed by atoms with Crippen LogP contribution in [0.5, 0.6) is 0 Å². The summed E-state index contributed by atoms with van der Waals surface area (Å²) in [5, 5.41) is 3.01. The highest BCUT2D eigenvalue weighted by Gasteiger charge is 2.39. The van der Waals surface area contributed by atoms with Crippen molar-refractivity contribution in [1.29, 1.82) is 0 Å². The molecule has 0 spiro atoms. The van der Waals surface area contributed by atoms with Gasteiger partial charge in [-0.05, 0) is 43.0 Å². The van der Waals surface area contributed by atoms with Gasteiger partial charge < -0.3 is 5.32 Å². The van der Waals surface area contributed by atoms with Crippen molar-refractivity contribution in [2.45, 2.75) is 24.8 Å². The molecule has 1 heterocycles. The zero-order valence-corrected chi connectivity index (χ0v) is 8.57. The Kier molecular flexibility index (Phi) is 2.54. The summed E-state index contributed by atoms with van der Waals surface area (Å²) in [6, 6.07) is 3.92. The monoisotopic (exact) mass is 202 g/mol. The Morgan fingerprint density at radius 3 is 2.60 bits per heavy atom. The van der Waals surface area contributed by atoms with Crippen molar-refractivity contribution >= 4 is 5.91 Å². The third-order valence-corrected chi connectivity index (χ3v) is 2.99. The molecule has 1 aliphatic carbocycles. The summed E-state index contributed by atoms with van der Waals surface area (Å²) in [6.45, 7) is 3.47. The standard InChI is InChI=1S/C12H14N2O/c1-2-11(15)14-12(6-3-7-12)10-4-8-13-9-5-10/h2,4-5,8-9H,1,3,6-7H2,(H,14,15). The molecule has 1 amide bonds. The number of carbonyl (C=O) groups excluding carboxylic acids is 1. The van der Waals surface area contributed by atoms with Crippen molar-refractivity contribution in [3.05, 3.63) is 42.7 Å². The van der Waals surface area contributed by atoms with E-state index in [-0.39, 0.29) is 11.4 Å². The van der Waals surface area contributed by atoms with Crippen molar-refractivity contribution in [1.82, 2.24) is 10.3 Å². The van der Waals surface area contributed by atoms with Crippen LogP contribution in [-0.2, 0) is 10.3 Å². The average Bonchev–Trinajstić information content (AvgIpc) is 2.24. The maximum Gasteiger partial charge on any atom is 0.244 e. The van der Waals surface area contributed by atoms with Crippen molar-refractivity contribution in [3.8, 4) is 0 Å². The van der Waals surface area contributed by atoms with Gasteiger partial charge in [-0.1, -0.05) is 6.58 Å². The molecule has 0 unspecified atom stereocenters. The highest BCUT2D eigenvalue weighted by molar-refractivity contribution is 5.87. The minimum absolute atomic E-state index is 0.105. The maximum absolute atomic E-state index is 11.3. The number of nitrogens with one attached hydrogen (secondary N) is 1. The summed E-state index contributed by atoms with van der Waals surface area (Å²) >= 11 is 0. The smallest absolute Gasteiger partial charge is 0.244 e. The van der Waals surface area contributed by atoms with E-state index in [4.69, 9.17) is 0 Å². The Bertz CT molecular complexity index is 368. The molecule has 0 bridgehead atoms. The molecule has 3 nitrogen and oxygen atoms in total. The fourth-order valence-corrected chi connectivity index (χ4v) is 1.97. The third-order valence-electron chi connectivity index (χ3n) is 2.99. The molecule has 0 atom stereocenters. The summed E-state index contributed by atoms with van der Waals surface area (Å²) in [4.78, 5) is 15.3. The fourth-order valence-electron chi connectivity index (χ4n) is 1.97. The molecule has 0 saturated heterocycles. The first kappa shape index (κ1) is 9.90. The van der Waals surface area contributed by atoms with Crippen molar-refractivity contribution < 1.29 is 4.79 Å². The number of hydrogen-bond acceptors (Lipinski definition) is 2. The Hall–Kier alpha value is -1.64. The van der Waals surface area contributed by atoms with Gasteiger partial charge in [-0.3, -0.25) is 9.78 Å². The van der Waals surface area contributed by atoms with Crippen LogP contribution in [0.15, 0.2) is 37.2 Å². The molecule has 2 rings (SSSR count). The number of pyridine rings is 1. The predicted octanol–water partition coefficient (Wildman–Crippen LogP) is 1.76. The summed E-state index contributed by atoms with van der Waals surface area (Å²) in [5.74, 6) is -0.105. The lowest BCUT2D eigenvalue weighted by molar-refractivity contribution is -0.119. The first-order valence-corrected chi connectivity index (χ1v) is 5.12. The van der Waals surface area contributed by atoms with Crippen LogP contribution in [0.3, 0.4) is 0 Å². The number of nitrogens with zero attached hydrogens (tertiary/aromatic N) is 1. The van der Waals surface area contributed by atoms with Gasteiger partial charge in [-0.25, -0.2) is 0 Å². The molecule has 0 radical (unpaired) electrons. The van der Waals surface area contributed by atoms with E-state index < -0.39 is 0 Å². The summed E-state index contributed by atoms with van der Waals surface area (Å²) in [5.41, 5.74) is 0.966. The minimum atomic E-state index is -0.172. The quantitative estimate of drug-likeness (QED) is 0.759. The van der Waals surface area contributed by atoms with Gasteiger partial charge in [0.05, 0.1) is 5.54 Å². The summed E-state index contributed by atoms with van der Waals surface area (Å²) in [6.07, 6.45) is 7.99. The van der Waals surface area contributed by atoms with E-state index in [1.54, 1.807) is 12.4 Å². The van der Waals surface area contributed by atoms with Gasteiger partial charge in [0.25, 0.3) is 0 Å². The molecule has 78 valence electrons. The van der Waals surface area contributed by atoms with E-state index in [0.29, 0.717) is 0 Å². The molecule has 1 aromatic rings. The second-order valence-electron chi connectivity index (χ2n) is 3.86. The van der Waals surface area contributed by atoms with Gasteiger partial charge in [0.1, 0.15) is 0 Å². The van der Waals surface area contributed by atoms with Crippen LogP contribution >= 0.6 is 0 Å². The SMILES string of the molecule is C=CC(=O)NC1(c2ccncc2)CCC1. The maximum atomic E-state index is 11.3. The Morgan fingerprint density at radius 2 is 2.13 bits per heavy atom. The predicted molar refractivity (Wildman–Crippen MR) is 58.1 cm³/mol. The molecule has 1 N–H and O–H groups in total. The van der Waals surface area contributed by atoms with E-state index in [1.807, 2.05) is 12.1 Å². The van der Waals surface area contributed by atoms with Crippen LogP contribution in [0, 0.1) is 0 Å². The number of carbonyl (C=O) groups is 1. The van der Waals surface area contributed by atoms with Gasteiger partial charge in [-0.15, -0.1) is 0 Å². The average molecular weight is 202 g/mol. The number of aromatic nitrogens is 1. The summed E-state index contributed by atoms with van der Waals surface area (Å²) in [7, 11) is 0. The number of amides is 1. The van der Waals surface area contributed by atoms with Crippen LogP contribution in [-0.4, -0.2) is 10.9 Å². The second-order valence-corrected chi connectivity index (χ2v) is 3.86. The zero-order valence-electron chi connectivity index (χ0n) is 8.57. The Balaban J connectivity index is 2.22. The van der Waals surface area contributed by atoms with Crippen LogP contribution in [0.4, 0.5) is 0 Å². The van der Waals surface area contributed by atoms with Crippen molar-refractivity contribution in [2.75, 3.05) is 0 Å². The fraction of sp³-hybridized carbons (Fsp3) is 0.333. The molecule has 1 saturated carbocycles. The second kappa shape index (κ2) is 3.85. The lowest BCUT2D eigenvalue weighted by atomic mass is 9.72. The van der Waals surface area contributed by atoms with Gasteiger partial charge in [-0.2, -0.15) is 0 Å². The van der Waals surface area contributed by atoms with Gasteiger partial charge in [0.2, 0.25) is 5.91 Å². The van der Waals surface area contributed by atoms with E-state index in [0.717, 1.165) is 24.8 Å². The minimum Gasteiger partial charge on any atom is -0.343 e. The van der Waals surface area contributed by atoms with E-state index >= 15 is 0 Å². The van der Waals surface area contributed by atoms with Crippen LogP contribution in [0.1, 0.15) is 24.8 Å². The van der Waals surface area contributed by atoms with Gasteiger partial charge in [0, 0.05) is 12.4 Å². The lowest BCUT2D eigenvalue weighted by Gasteiger charge is -2.42. The molecule has 1 aliphatic rings. The lowest BCUT2D eigenvalue weighted by Crippen LogP contribution is -2.50. The first-order valence-electron chi connectivity index (χ1n) is 5.12. The van der Waals surface area contributed by atoms with Gasteiger partial charge in [0.15, 0.2) is 0 Å². The number of rotatable bonds is 3. The highest BCUT2D eigenvalue weighted by Crippen LogP contribution is 2.40. The van der Waals surface area contributed by atoms with Crippen LogP contribution < -0.4 is 5.32 Å². The highest BCUT2D eigenvalue weighted by atomic mass is 16.1. The zero-order chi connectivity index (χ0) is 10.7. The van der Waals surface area contributed by atoms with E-state index in [9.17, 15) is 4.79 Å². The molecule has 0 aromatic carbocycles. The largest absolute Gasteiger partial charge is 0.343 e. The molecular weight excluding hydrogens is 188 g/mol. The molecule has 1 aromatic heterocycles. The van der Waals surface area contributed by atoms with Crippen molar-refractivity contribution in [3.63, 3.8) is 0 Å². The first-order chi connectivity index (χ1) is 7.27. The topological polar surface area (TPSA) is 42.0 Å². The molecule has 1 fully saturated rings. The third kappa shape index (κ3) is 1.77. The molecule has 3 heteroatoms. The van der Waals surface area contributed by atoms with E-state index in [2.05, 4.69) is 16.9 Å². The molecule has 0 aliphatic heterocycles.